The van der Waals surface area contributed by atoms with Crippen molar-refractivity contribution in [2.45, 2.75) is 0 Å². The van der Waals surface area contributed by atoms with Crippen molar-refractivity contribution in [3.63, 3.8) is 0 Å². The zero-order chi connectivity index (χ0) is 12.3. The van der Waals surface area contributed by atoms with Crippen molar-refractivity contribution < 1.29 is 19.1 Å². The van der Waals surface area contributed by atoms with Crippen LogP contribution in [0.4, 0.5) is 5.69 Å². The van der Waals surface area contributed by atoms with Gasteiger partial charge in [-0.1, -0.05) is 0 Å². The molecule has 0 saturated heterocycles. The summed E-state index contributed by atoms with van der Waals surface area (Å²) in [5.74, 6) is -1.52. The summed E-state index contributed by atoms with van der Waals surface area (Å²) in [4.78, 5) is 25.9. The fourth-order valence-electron chi connectivity index (χ4n) is 1.22. The lowest BCUT2D eigenvalue weighted by molar-refractivity contribution is 0.0690. The molecule has 0 unspecified atom stereocenters. The lowest BCUT2D eigenvalue weighted by Gasteiger charge is -2.03. The van der Waals surface area contributed by atoms with Crippen molar-refractivity contribution >= 4 is 17.6 Å². The number of aromatic carboxylic acids is 1. The Morgan fingerprint density at radius 2 is 2.18 bits per heavy atom. The van der Waals surface area contributed by atoms with Crippen LogP contribution in [0.15, 0.2) is 41.3 Å². The van der Waals surface area contributed by atoms with Crippen molar-refractivity contribution in [3.8, 4) is 0 Å². The number of nitrogens with one attached hydrogen (secondary N) is 1. The first-order chi connectivity index (χ1) is 8.16. The molecule has 0 bridgehead atoms. The second-order valence-corrected chi connectivity index (χ2v) is 3.20. The fraction of sp³-hybridized carbons (Fsp3) is 0. The molecule has 17 heavy (non-hydrogen) atoms. The number of carboxylic acids is 1. The number of furan rings is 1. The predicted molar refractivity (Wildman–Crippen MR) is 57.9 cm³/mol. The Morgan fingerprint density at radius 1 is 1.35 bits per heavy atom. The van der Waals surface area contributed by atoms with Crippen molar-refractivity contribution in [1.29, 1.82) is 0 Å². The summed E-state index contributed by atoms with van der Waals surface area (Å²) in [6, 6.07) is 4.29. The maximum absolute atomic E-state index is 11.6. The van der Waals surface area contributed by atoms with Crippen molar-refractivity contribution in [2.24, 2.45) is 0 Å². The number of anilines is 1. The lowest BCUT2D eigenvalue weighted by Crippen LogP contribution is -2.11. The van der Waals surface area contributed by atoms with Gasteiger partial charge in [0, 0.05) is 11.9 Å². The topological polar surface area (TPSA) is 92.4 Å². The van der Waals surface area contributed by atoms with Gasteiger partial charge in [-0.05, 0) is 18.2 Å². The Bertz CT molecular complexity index is 548. The van der Waals surface area contributed by atoms with Crippen LogP contribution in [0.3, 0.4) is 0 Å². The Hall–Kier alpha value is -2.63. The largest absolute Gasteiger partial charge is 0.477 e. The molecule has 1 amide bonds. The molecule has 0 aliphatic heterocycles. The number of nitrogens with zero attached hydrogens (tertiary/aromatic N) is 1. The van der Waals surface area contributed by atoms with E-state index in [1.54, 1.807) is 0 Å². The Morgan fingerprint density at radius 3 is 2.82 bits per heavy atom. The first-order valence-electron chi connectivity index (χ1n) is 4.70. The Balaban J connectivity index is 2.16. The van der Waals surface area contributed by atoms with E-state index < -0.39 is 5.97 Å². The zero-order valence-electron chi connectivity index (χ0n) is 8.58. The number of hydrogen-bond donors (Lipinski definition) is 2. The predicted octanol–water partition coefficient (Wildman–Crippen LogP) is 1.63. The number of hydrogen-bond acceptors (Lipinski definition) is 4. The number of rotatable bonds is 3. The second-order valence-electron chi connectivity index (χ2n) is 3.20. The van der Waals surface area contributed by atoms with Crippen LogP contribution in [-0.4, -0.2) is 22.0 Å². The molecule has 2 heterocycles. The quantitative estimate of drug-likeness (QED) is 0.838. The molecule has 86 valence electrons. The molecule has 2 N–H and O–H groups in total. The summed E-state index contributed by atoms with van der Waals surface area (Å²) in [6.07, 6.45) is 3.99. The molecule has 0 radical (unpaired) electrons. The molecule has 0 aliphatic carbocycles. The highest BCUT2D eigenvalue weighted by Crippen LogP contribution is 2.10. The van der Waals surface area contributed by atoms with Crippen molar-refractivity contribution in [2.75, 3.05) is 5.32 Å². The minimum atomic E-state index is -1.15. The van der Waals surface area contributed by atoms with Crippen molar-refractivity contribution in [1.82, 2.24) is 4.98 Å². The van der Waals surface area contributed by atoms with Gasteiger partial charge in [0.1, 0.15) is 12.0 Å². The van der Waals surface area contributed by atoms with Crippen LogP contribution in [0.2, 0.25) is 0 Å². The Kier molecular flexibility index (Phi) is 2.87. The number of aromatic nitrogens is 1. The number of amides is 1. The molecule has 6 nitrogen and oxygen atoms in total. The standard InChI is InChI=1S/C11H8N2O4/c14-10(7-2-4-17-6-7)13-8-1-3-12-9(5-8)11(15)16/h1-6H,(H,15,16)(H,12,13,14). The lowest BCUT2D eigenvalue weighted by atomic mass is 10.3. The van der Waals surface area contributed by atoms with E-state index in [-0.39, 0.29) is 11.6 Å². The number of carboxylic acid groups (broad SMARTS) is 1. The first-order valence-corrected chi connectivity index (χ1v) is 4.70. The van der Waals surface area contributed by atoms with Crippen LogP contribution in [-0.2, 0) is 0 Å². The van der Waals surface area contributed by atoms with Gasteiger partial charge < -0.3 is 14.8 Å². The van der Waals surface area contributed by atoms with Gasteiger partial charge in [0.25, 0.3) is 5.91 Å². The van der Waals surface area contributed by atoms with E-state index in [9.17, 15) is 9.59 Å². The van der Waals surface area contributed by atoms with Gasteiger partial charge in [-0.15, -0.1) is 0 Å². The molecule has 2 rings (SSSR count). The Labute approximate surface area is 95.9 Å². The van der Waals surface area contributed by atoms with Gasteiger partial charge in [0.05, 0.1) is 11.8 Å². The summed E-state index contributed by atoms with van der Waals surface area (Å²) < 4.78 is 4.77. The summed E-state index contributed by atoms with van der Waals surface area (Å²) >= 11 is 0. The molecule has 6 heteroatoms. The minimum absolute atomic E-state index is 0.130. The minimum Gasteiger partial charge on any atom is -0.477 e. The van der Waals surface area contributed by atoms with Gasteiger partial charge in [-0.3, -0.25) is 4.79 Å². The third kappa shape index (κ3) is 2.49. The number of pyridine rings is 1. The van der Waals surface area contributed by atoms with E-state index in [4.69, 9.17) is 9.52 Å². The molecule has 2 aromatic heterocycles. The van der Waals surface area contributed by atoms with E-state index in [1.807, 2.05) is 0 Å². The van der Waals surface area contributed by atoms with Crippen LogP contribution in [0.25, 0.3) is 0 Å². The van der Waals surface area contributed by atoms with Gasteiger partial charge >= 0.3 is 5.97 Å². The van der Waals surface area contributed by atoms with Crippen LogP contribution in [0.5, 0.6) is 0 Å². The molecule has 0 aliphatic rings. The highest BCUT2D eigenvalue weighted by molar-refractivity contribution is 6.04. The molecule has 0 atom stereocenters. The molecule has 0 saturated carbocycles. The molecule has 0 aromatic carbocycles. The smallest absolute Gasteiger partial charge is 0.354 e. The third-order valence-corrected chi connectivity index (χ3v) is 2.02. The third-order valence-electron chi connectivity index (χ3n) is 2.02. The maximum Gasteiger partial charge on any atom is 0.354 e. The van der Waals surface area contributed by atoms with E-state index in [0.29, 0.717) is 11.3 Å². The van der Waals surface area contributed by atoms with Gasteiger partial charge in [-0.2, -0.15) is 0 Å². The zero-order valence-corrected chi connectivity index (χ0v) is 8.58. The molecular weight excluding hydrogens is 224 g/mol. The molecule has 2 aromatic rings. The molecular formula is C11H8N2O4. The van der Waals surface area contributed by atoms with E-state index >= 15 is 0 Å². The fourth-order valence-corrected chi connectivity index (χ4v) is 1.22. The van der Waals surface area contributed by atoms with Gasteiger partial charge in [-0.25, -0.2) is 9.78 Å². The van der Waals surface area contributed by atoms with Crippen LogP contribution >= 0.6 is 0 Å². The number of carbonyl (C=O) groups excluding carboxylic acids is 1. The summed E-state index contributed by atoms with van der Waals surface area (Å²) in [5, 5.41) is 11.3. The summed E-state index contributed by atoms with van der Waals surface area (Å²) in [7, 11) is 0. The normalized spacial score (nSPS) is 9.88. The SMILES string of the molecule is O=C(Nc1ccnc(C(=O)O)c1)c1ccoc1. The van der Waals surface area contributed by atoms with E-state index in [2.05, 4.69) is 10.3 Å². The van der Waals surface area contributed by atoms with Gasteiger partial charge in [0.2, 0.25) is 0 Å². The highest BCUT2D eigenvalue weighted by Gasteiger charge is 2.09. The van der Waals surface area contributed by atoms with Crippen LogP contribution < -0.4 is 5.32 Å². The number of carbonyl (C=O) groups is 2. The first kappa shape index (κ1) is 10.9. The van der Waals surface area contributed by atoms with Crippen LogP contribution in [0.1, 0.15) is 20.8 Å². The highest BCUT2D eigenvalue weighted by atomic mass is 16.4. The van der Waals surface area contributed by atoms with E-state index in [0.717, 1.165) is 0 Å². The van der Waals surface area contributed by atoms with Gasteiger partial charge in [0.15, 0.2) is 0 Å². The van der Waals surface area contributed by atoms with Crippen molar-refractivity contribution in [3.05, 3.63) is 48.2 Å². The monoisotopic (exact) mass is 232 g/mol. The molecule has 0 fully saturated rings. The second kappa shape index (κ2) is 4.48. The summed E-state index contributed by atoms with van der Waals surface area (Å²) in [6.45, 7) is 0. The van der Waals surface area contributed by atoms with E-state index in [1.165, 1.54) is 36.9 Å². The van der Waals surface area contributed by atoms with Crippen LogP contribution in [0, 0.1) is 0 Å². The maximum atomic E-state index is 11.6. The average Bonchev–Trinajstić information content (AvgIpc) is 2.82. The molecule has 0 spiro atoms. The summed E-state index contributed by atoms with van der Waals surface area (Å²) in [5.41, 5.74) is 0.595. The average molecular weight is 232 g/mol.